The first kappa shape index (κ1) is 78.0. The number of carboxylic acid groups (broad SMARTS) is 3. The molecule has 0 saturated heterocycles. The van der Waals surface area contributed by atoms with E-state index in [4.69, 9.17) is 11.5 Å². The first-order valence-electron chi connectivity index (χ1n) is 23.7. The van der Waals surface area contributed by atoms with Gasteiger partial charge in [-0.1, -0.05) is 101 Å². The van der Waals surface area contributed by atoms with E-state index < -0.39 is 82.0 Å². The average Bonchev–Trinajstić information content (AvgIpc) is 1.83. The van der Waals surface area contributed by atoms with Gasteiger partial charge in [-0.25, -0.2) is 26.8 Å². The number of aromatic nitrogens is 11. The first-order chi connectivity index (χ1) is 38.5. The summed E-state index contributed by atoms with van der Waals surface area (Å²) in [6.07, 6.45) is 0. The zero-order valence-corrected chi connectivity index (χ0v) is 67.4. The summed E-state index contributed by atoms with van der Waals surface area (Å²) in [7, 11) is -8.28. The molecule has 0 aliphatic rings. The number of anilines is 2. The van der Waals surface area contributed by atoms with Gasteiger partial charge in [-0.15, -0.1) is 52.5 Å². The van der Waals surface area contributed by atoms with Crippen LogP contribution in [0, 0.1) is 6.07 Å². The summed E-state index contributed by atoms with van der Waals surface area (Å²) in [5.74, 6) is -7.13. The summed E-state index contributed by atoms with van der Waals surface area (Å²) >= 11 is 2.01. The summed E-state index contributed by atoms with van der Waals surface area (Å²) in [4.78, 5) is 46.0. The Labute approximate surface area is 717 Å². The monoisotopic (exact) mass is 1380 g/mol. The van der Waals surface area contributed by atoms with Crippen molar-refractivity contribution in [2.75, 3.05) is 11.5 Å². The Hall–Kier alpha value is -1.48. The number of rotatable bonds is 17. The smallest absolute Gasteiger partial charge is 0.844 e. The van der Waals surface area contributed by atoms with Crippen LogP contribution in [0.15, 0.2) is 115 Å². The van der Waals surface area contributed by atoms with Gasteiger partial charge in [0.1, 0.15) is 19.9 Å². The molecule has 28 nitrogen and oxygen atoms in total. The maximum absolute atomic E-state index is 13.4. The number of aromatic carboxylic acids is 3. The molecule has 9 rings (SSSR count). The van der Waals surface area contributed by atoms with E-state index in [0.29, 0.717) is 38.1 Å². The number of nitrogens with two attached hydrogens (primary N) is 2. The number of hydrogen-bond acceptors (Lipinski definition) is 28. The Morgan fingerprint density at radius 3 is 1.36 bits per heavy atom. The van der Waals surface area contributed by atoms with Gasteiger partial charge in [0.05, 0.1) is 45.7 Å². The summed E-state index contributed by atoms with van der Waals surface area (Å²) in [5.41, 5.74) is 12.6. The third kappa shape index (κ3) is 18.9. The van der Waals surface area contributed by atoms with Gasteiger partial charge in [-0.3, -0.25) is 0 Å². The van der Waals surface area contributed by atoms with Crippen molar-refractivity contribution in [3.63, 3.8) is 0 Å². The summed E-state index contributed by atoms with van der Waals surface area (Å²) < 4.78 is 55.4. The first-order valence-corrected chi connectivity index (χ1v) is 28.6. The van der Waals surface area contributed by atoms with Crippen LogP contribution in [0.4, 0.5) is 33.3 Å². The van der Waals surface area contributed by atoms with Gasteiger partial charge in [0.25, 0.3) is 22.2 Å². The van der Waals surface area contributed by atoms with Crippen LogP contribution < -0.4 is 289 Å². The van der Waals surface area contributed by atoms with E-state index in [2.05, 4.69) is 72.1 Å². The van der Waals surface area contributed by atoms with Crippen molar-refractivity contribution < 1.29 is 309 Å². The van der Waals surface area contributed by atoms with Gasteiger partial charge in [0.15, 0.2) is 32.8 Å². The molecule has 0 bridgehead atoms. The third-order valence-corrected chi connectivity index (χ3v) is 16.7. The predicted octanol–water partition coefficient (Wildman–Crippen LogP) is -11.2. The number of nitrogens with zero attached hydrogens (tertiary/aromatic N) is 15. The molecule has 0 aliphatic carbocycles. The van der Waals surface area contributed by atoms with Crippen LogP contribution in [0.25, 0.3) is 33.0 Å². The second kappa shape index (κ2) is 32.1. The van der Waals surface area contributed by atoms with E-state index in [1.165, 1.54) is 18.2 Å². The van der Waals surface area contributed by atoms with Crippen molar-refractivity contribution in [1.82, 2.24) is 54.9 Å². The van der Waals surface area contributed by atoms with E-state index in [0.717, 1.165) is 62.4 Å². The number of carbonyl (C=O) groups is 3. The van der Waals surface area contributed by atoms with Crippen LogP contribution in [0.2, 0.25) is 0 Å². The molecule has 420 valence electrons. The molecule has 0 aliphatic heterocycles. The molecule has 9 aromatic rings. The van der Waals surface area contributed by atoms with Crippen LogP contribution in [0.1, 0.15) is 95.1 Å². The quantitative estimate of drug-likeness (QED) is 0.0485. The Bertz CT molecular complexity index is 4340. The largest absolute Gasteiger partial charge is 1.00 e. The number of carbonyl (C=O) groups excluding carboxylic acids is 3. The van der Waals surface area contributed by atoms with E-state index >= 15 is 0 Å². The zero-order valence-electron chi connectivity index (χ0n) is 48.5. The Morgan fingerprint density at radius 2 is 0.954 bits per heavy atom. The number of hydrogen-bond donors (Lipinski definition) is 2. The molecule has 0 fully saturated rings. The van der Waals surface area contributed by atoms with Gasteiger partial charge < -0.3 is 46.3 Å². The van der Waals surface area contributed by atoms with Crippen LogP contribution >= 0.6 is 22.7 Å². The minimum atomic E-state index is -4.29. The number of nitrogen functional groups attached to an aromatic ring is 2. The summed E-state index contributed by atoms with van der Waals surface area (Å²) in [6, 6.07) is 19.9. The van der Waals surface area contributed by atoms with Crippen molar-refractivity contribution >= 4 is 93.5 Å². The van der Waals surface area contributed by atoms with E-state index in [1.807, 2.05) is 41.5 Å². The molecular weight excluding hydrogens is 1340 g/mol. The van der Waals surface area contributed by atoms with Crippen molar-refractivity contribution in [2.24, 2.45) is 20.5 Å². The SMILES string of the molecule is CC(C)(C)c1nn(-c2nc([O-])nc(-n3nc(C(C)(C)C)c(N=Nc4nnc(-c5cccc(CS(=O)(=O)c6cc(C(=O)[O-])cc(C(=O)[O-])c6)c5)s4)c3N)n2)c(N)c1N=Nc1nnc(-c2cccc(CS(=O)(=O)c3c[c-]cc(C(=O)[O-])c3)c2)s1.[K+].[K+].[K+].[K+].[K+]. The molecule has 4 N–H and O–H groups in total. The number of carboxylic acids is 3. The molecule has 0 amide bonds. The molecule has 5 aromatic heterocycles. The van der Waals surface area contributed by atoms with Crippen LogP contribution in [-0.2, 0) is 42.0 Å². The Balaban J connectivity index is 0.00000324. The fraction of sp³-hybridized carbons (Fsp3) is 0.200. The second-order valence-electron chi connectivity index (χ2n) is 19.9. The summed E-state index contributed by atoms with van der Waals surface area (Å²) in [6.45, 7) is 11.0. The minimum Gasteiger partial charge on any atom is -0.844 e. The average molecular weight is 1380 g/mol. The molecule has 37 heteroatoms. The second-order valence-corrected chi connectivity index (χ2v) is 25.8. The molecular formula is C50H40K5N17O11S4. The van der Waals surface area contributed by atoms with Crippen molar-refractivity contribution in [1.29, 1.82) is 0 Å². The summed E-state index contributed by atoms with van der Waals surface area (Å²) in [5, 5.41) is 91.7. The van der Waals surface area contributed by atoms with Crippen LogP contribution in [-0.4, -0.2) is 89.7 Å². The predicted molar refractivity (Wildman–Crippen MR) is 285 cm³/mol. The maximum Gasteiger partial charge on any atom is 1.00 e. The number of sulfone groups is 2. The molecule has 0 atom stereocenters. The van der Waals surface area contributed by atoms with Gasteiger partial charge in [0.2, 0.25) is 0 Å². The Morgan fingerprint density at radius 1 is 0.552 bits per heavy atom. The molecule has 0 saturated carbocycles. The van der Waals surface area contributed by atoms with Crippen molar-refractivity contribution in [2.45, 2.75) is 73.7 Å². The molecule has 4 aromatic carbocycles. The van der Waals surface area contributed by atoms with Crippen LogP contribution in [0.3, 0.4) is 0 Å². The van der Waals surface area contributed by atoms with Crippen molar-refractivity contribution in [3.8, 4) is 39.0 Å². The van der Waals surface area contributed by atoms with Gasteiger partial charge in [-0.2, -0.15) is 42.7 Å². The molecule has 0 spiro atoms. The standard InChI is InChI=1S/C50H44N17O11S4.5K/c1-49(2,3)35-33(56-60-47-62-58-39(79-47)26-12-7-10-24(16-26)22-81(75,76)31-15-9-14-28(19-31)41(68)69)37(51)66(64-35)44-53-45(55-46(74)54-44)67-38(52)34(36(65-67)50(4,5)6)57-61-48-63-59-40(80-48)27-13-8-11-25(17-27)23-82(77,78)32-20-29(42(70)71)18-30(21-32)43(72)73;;;;;/h7-8,10-21H,22-23,51-52H2,1-6H3,(H,68,69)(H,70,71)(H,72,73)(H,53,54,55,74);;;;;/q-1;5*+1/p-4. The van der Waals surface area contributed by atoms with E-state index in [-0.39, 0.29) is 318 Å². The van der Waals surface area contributed by atoms with Crippen LogP contribution in [0.5, 0.6) is 6.01 Å². The van der Waals surface area contributed by atoms with E-state index in [9.17, 15) is 51.6 Å². The molecule has 0 radical (unpaired) electrons. The fourth-order valence-corrected chi connectivity index (χ4v) is 11.8. The number of azo groups is 2. The normalized spacial score (nSPS) is 11.7. The maximum atomic E-state index is 13.4. The fourth-order valence-electron chi connectivity index (χ4n) is 7.77. The zero-order chi connectivity index (χ0) is 59.2. The third-order valence-electron chi connectivity index (χ3n) is 11.6. The van der Waals surface area contributed by atoms with Gasteiger partial charge >= 0.3 is 257 Å². The van der Waals surface area contributed by atoms with Gasteiger partial charge in [0, 0.05) is 27.9 Å². The molecule has 87 heavy (non-hydrogen) atoms. The number of benzene rings is 4. The Kier molecular flexibility index (Phi) is 28.8. The molecule has 5 heterocycles. The molecule has 0 unspecified atom stereocenters. The van der Waals surface area contributed by atoms with E-state index in [1.54, 1.807) is 36.4 Å². The van der Waals surface area contributed by atoms with Gasteiger partial charge in [-0.05, 0) is 57.5 Å². The topological polar surface area (TPSA) is 439 Å². The minimum absolute atomic E-state index is 0. The van der Waals surface area contributed by atoms with Crippen molar-refractivity contribution in [3.05, 3.63) is 130 Å².